The minimum atomic E-state index is -0.719. The van der Waals surface area contributed by atoms with Gasteiger partial charge in [-0.2, -0.15) is 5.10 Å². The fourth-order valence-corrected chi connectivity index (χ4v) is 2.07. The van der Waals surface area contributed by atoms with E-state index in [-0.39, 0.29) is 10.9 Å². The molecule has 0 N–H and O–H groups in total. The summed E-state index contributed by atoms with van der Waals surface area (Å²) in [4.78, 5) is 20.5. The molecule has 1 aromatic heterocycles. The molecule has 0 radical (unpaired) electrons. The fraction of sp³-hybridized carbons (Fsp3) is 0. The van der Waals surface area contributed by atoms with Crippen molar-refractivity contribution in [2.75, 3.05) is 0 Å². The Morgan fingerprint density at radius 1 is 1.05 bits per heavy atom. The highest BCUT2D eigenvalue weighted by Crippen LogP contribution is 2.30. The number of nitrogens with zero attached hydrogens (tertiary/aromatic N) is 4. The Bertz CT molecular complexity index is 904. The Kier molecular flexibility index (Phi) is 3.02. The van der Waals surface area contributed by atoms with E-state index in [9.17, 15) is 24.6 Å². The molecule has 110 valence electrons. The number of benzene rings is 2. The summed E-state index contributed by atoms with van der Waals surface area (Å²) in [6.45, 7) is 0. The van der Waals surface area contributed by atoms with Crippen molar-refractivity contribution in [1.29, 1.82) is 0 Å². The van der Waals surface area contributed by atoms with Crippen LogP contribution in [0.5, 0.6) is 0 Å². The zero-order valence-electron chi connectivity index (χ0n) is 10.8. The fourth-order valence-electron chi connectivity index (χ4n) is 2.07. The predicted molar refractivity (Wildman–Crippen MR) is 74.3 cm³/mol. The number of nitro benzene ring substituents is 2. The second-order valence-corrected chi connectivity index (χ2v) is 4.46. The number of hydrogen-bond acceptors (Lipinski definition) is 5. The normalized spacial score (nSPS) is 10.8. The number of fused-ring (bicyclic) bond motifs is 1. The van der Waals surface area contributed by atoms with Gasteiger partial charge in [-0.25, -0.2) is 9.07 Å². The van der Waals surface area contributed by atoms with Gasteiger partial charge in [0.15, 0.2) is 0 Å². The van der Waals surface area contributed by atoms with Crippen molar-refractivity contribution >= 4 is 22.3 Å². The van der Waals surface area contributed by atoms with Crippen LogP contribution in [0, 0.1) is 26.0 Å². The summed E-state index contributed by atoms with van der Waals surface area (Å²) < 4.78 is 14.2. The van der Waals surface area contributed by atoms with E-state index in [1.807, 2.05) is 0 Å². The van der Waals surface area contributed by atoms with Gasteiger partial charge in [0.05, 0.1) is 27.0 Å². The van der Waals surface area contributed by atoms with E-state index in [0.717, 1.165) is 12.1 Å². The zero-order valence-corrected chi connectivity index (χ0v) is 10.8. The van der Waals surface area contributed by atoms with Crippen LogP contribution in [0.1, 0.15) is 0 Å². The van der Waals surface area contributed by atoms with Crippen molar-refractivity contribution in [3.05, 3.63) is 68.6 Å². The molecule has 22 heavy (non-hydrogen) atoms. The quantitative estimate of drug-likeness (QED) is 0.546. The molecule has 0 saturated carbocycles. The number of hydrogen-bond donors (Lipinski definition) is 0. The van der Waals surface area contributed by atoms with Crippen LogP contribution in [-0.2, 0) is 0 Å². The zero-order chi connectivity index (χ0) is 15.9. The van der Waals surface area contributed by atoms with E-state index in [4.69, 9.17) is 0 Å². The van der Waals surface area contributed by atoms with Crippen LogP contribution in [0.4, 0.5) is 15.8 Å². The van der Waals surface area contributed by atoms with Crippen molar-refractivity contribution in [3.8, 4) is 5.69 Å². The Balaban J connectivity index is 2.24. The van der Waals surface area contributed by atoms with Crippen LogP contribution in [-0.4, -0.2) is 19.6 Å². The molecular weight excluding hydrogens is 295 g/mol. The average Bonchev–Trinajstić information content (AvgIpc) is 2.90. The van der Waals surface area contributed by atoms with Crippen LogP contribution in [0.25, 0.3) is 16.6 Å². The first-order valence-electron chi connectivity index (χ1n) is 6.04. The number of non-ortho nitro benzene ring substituents is 2. The van der Waals surface area contributed by atoms with E-state index >= 15 is 0 Å². The molecule has 0 aliphatic rings. The van der Waals surface area contributed by atoms with Gasteiger partial charge >= 0.3 is 0 Å². The monoisotopic (exact) mass is 302 g/mol. The third kappa shape index (κ3) is 2.24. The molecule has 0 amide bonds. The SMILES string of the molecule is O=[N+]([O-])c1cc([N+](=O)[O-])c2cn(-c3ccc(F)cc3)nc2c1. The Morgan fingerprint density at radius 2 is 1.73 bits per heavy atom. The summed E-state index contributed by atoms with van der Waals surface area (Å²) in [5.41, 5.74) is -0.221. The van der Waals surface area contributed by atoms with Crippen LogP contribution in [0.2, 0.25) is 0 Å². The molecule has 0 spiro atoms. The third-order valence-electron chi connectivity index (χ3n) is 3.09. The maximum atomic E-state index is 12.9. The van der Waals surface area contributed by atoms with Crippen molar-refractivity contribution in [1.82, 2.24) is 9.78 Å². The Labute approximate surface area is 121 Å². The minimum absolute atomic E-state index is 0.116. The average molecular weight is 302 g/mol. The smallest absolute Gasteiger partial charge is 0.258 e. The molecule has 0 saturated heterocycles. The van der Waals surface area contributed by atoms with Crippen molar-refractivity contribution < 1.29 is 14.2 Å². The lowest BCUT2D eigenvalue weighted by Crippen LogP contribution is -1.93. The molecule has 0 bridgehead atoms. The number of nitro groups is 2. The summed E-state index contributed by atoms with van der Waals surface area (Å²) in [5, 5.41) is 26.2. The molecular formula is C13H7FN4O4. The van der Waals surface area contributed by atoms with Gasteiger partial charge in [0.2, 0.25) is 0 Å². The number of aromatic nitrogens is 2. The highest BCUT2D eigenvalue weighted by atomic mass is 19.1. The molecule has 0 fully saturated rings. The van der Waals surface area contributed by atoms with Crippen LogP contribution >= 0.6 is 0 Å². The van der Waals surface area contributed by atoms with E-state index in [1.54, 1.807) is 0 Å². The second-order valence-electron chi connectivity index (χ2n) is 4.46. The van der Waals surface area contributed by atoms with E-state index < -0.39 is 27.0 Å². The van der Waals surface area contributed by atoms with Crippen molar-refractivity contribution in [2.24, 2.45) is 0 Å². The van der Waals surface area contributed by atoms with Gasteiger partial charge in [-0.3, -0.25) is 20.2 Å². The highest BCUT2D eigenvalue weighted by molar-refractivity contribution is 5.90. The maximum Gasteiger partial charge on any atom is 0.287 e. The van der Waals surface area contributed by atoms with Crippen LogP contribution < -0.4 is 0 Å². The first-order chi connectivity index (χ1) is 10.5. The van der Waals surface area contributed by atoms with Gasteiger partial charge in [-0.05, 0) is 24.3 Å². The molecule has 2 aromatic carbocycles. The molecule has 0 atom stereocenters. The van der Waals surface area contributed by atoms with Crippen LogP contribution in [0.15, 0.2) is 42.6 Å². The summed E-state index contributed by atoms with van der Waals surface area (Å²) in [6, 6.07) is 7.38. The number of rotatable bonds is 3. The van der Waals surface area contributed by atoms with Gasteiger partial charge in [0.25, 0.3) is 11.4 Å². The van der Waals surface area contributed by atoms with Gasteiger partial charge < -0.3 is 0 Å². The van der Waals surface area contributed by atoms with Gasteiger partial charge in [-0.1, -0.05) is 0 Å². The molecule has 9 heteroatoms. The molecule has 0 unspecified atom stereocenters. The lowest BCUT2D eigenvalue weighted by molar-refractivity contribution is -0.393. The molecule has 0 aliphatic carbocycles. The summed E-state index contributed by atoms with van der Waals surface area (Å²) in [7, 11) is 0. The van der Waals surface area contributed by atoms with Gasteiger partial charge in [-0.15, -0.1) is 0 Å². The minimum Gasteiger partial charge on any atom is -0.258 e. The van der Waals surface area contributed by atoms with Crippen LogP contribution in [0.3, 0.4) is 0 Å². The predicted octanol–water partition coefficient (Wildman–Crippen LogP) is 2.98. The van der Waals surface area contributed by atoms with E-state index in [1.165, 1.54) is 35.1 Å². The van der Waals surface area contributed by atoms with Gasteiger partial charge in [0, 0.05) is 12.3 Å². The first-order valence-corrected chi connectivity index (χ1v) is 6.04. The Hall–Kier alpha value is -3.36. The largest absolute Gasteiger partial charge is 0.287 e. The molecule has 8 nitrogen and oxygen atoms in total. The van der Waals surface area contributed by atoms with Gasteiger partial charge in [0.1, 0.15) is 11.3 Å². The highest BCUT2D eigenvalue weighted by Gasteiger charge is 2.21. The third-order valence-corrected chi connectivity index (χ3v) is 3.09. The molecule has 0 aliphatic heterocycles. The van der Waals surface area contributed by atoms with E-state index in [2.05, 4.69) is 5.10 Å². The number of halogens is 1. The summed E-state index contributed by atoms with van der Waals surface area (Å²) in [5.74, 6) is -0.429. The topological polar surface area (TPSA) is 104 Å². The first kappa shape index (κ1) is 13.6. The summed E-state index contributed by atoms with van der Waals surface area (Å²) in [6.07, 6.45) is 1.38. The Morgan fingerprint density at radius 3 is 2.32 bits per heavy atom. The maximum absolute atomic E-state index is 12.9. The van der Waals surface area contributed by atoms with Crippen molar-refractivity contribution in [3.63, 3.8) is 0 Å². The van der Waals surface area contributed by atoms with Crippen molar-refractivity contribution in [2.45, 2.75) is 0 Å². The molecule has 1 heterocycles. The molecule has 3 aromatic rings. The lowest BCUT2D eigenvalue weighted by atomic mass is 10.2. The second kappa shape index (κ2) is 4.88. The molecule has 3 rings (SSSR count). The lowest BCUT2D eigenvalue weighted by Gasteiger charge is -1.99. The van der Waals surface area contributed by atoms with E-state index in [0.29, 0.717) is 5.69 Å². The summed E-state index contributed by atoms with van der Waals surface area (Å²) >= 11 is 0. The standard InChI is InChI=1S/C13H7FN4O4/c14-8-1-3-9(4-2-8)16-7-11-12(15-16)5-10(17(19)20)6-13(11)18(21)22/h1-7H.